The Morgan fingerprint density at radius 1 is 0.848 bits per heavy atom. The number of anilines is 2. The molecule has 3 aromatic carbocycles. The molecule has 0 aromatic heterocycles. The third-order valence-corrected chi connectivity index (χ3v) is 7.21. The number of thiocarbonyl (C=S) groups is 1. The summed E-state index contributed by atoms with van der Waals surface area (Å²) in [4.78, 5) is 0.248. The van der Waals surface area contributed by atoms with Crippen molar-refractivity contribution in [1.82, 2.24) is 4.31 Å². The van der Waals surface area contributed by atoms with Crippen LogP contribution in [-0.4, -0.2) is 44.1 Å². The summed E-state index contributed by atoms with van der Waals surface area (Å²) in [6.45, 7) is 3.59. The second-order valence-electron chi connectivity index (χ2n) is 7.56. The van der Waals surface area contributed by atoms with E-state index >= 15 is 0 Å². The van der Waals surface area contributed by atoms with Gasteiger partial charge in [0.05, 0.1) is 18.1 Å². The van der Waals surface area contributed by atoms with Gasteiger partial charge in [0.2, 0.25) is 10.0 Å². The molecule has 3 aromatic rings. The molecule has 9 heteroatoms. The van der Waals surface area contributed by atoms with Crippen molar-refractivity contribution >= 4 is 38.7 Å². The fourth-order valence-electron chi connectivity index (χ4n) is 3.29. The van der Waals surface area contributed by atoms with Crippen LogP contribution in [0.15, 0.2) is 77.7 Å². The molecule has 172 valence electrons. The molecule has 0 saturated carbocycles. The number of nitrogens with zero attached hydrogens (tertiary/aromatic N) is 1. The molecular formula is C24H25N3O4S2. The van der Waals surface area contributed by atoms with Crippen molar-refractivity contribution in [2.45, 2.75) is 11.8 Å². The SMILES string of the molecule is Cc1ccc(Oc2ccc(NC(=S)Nc3ccc(S(=O)(=O)N4CCOCC4)cc3)cc2)cc1. The van der Waals surface area contributed by atoms with Gasteiger partial charge in [0.1, 0.15) is 11.5 Å². The van der Waals surface area contributed by atoms with E-state index in [-0.39, 0.29) is 4.90 Å². The lowest BCUT2D eigenvalue weighted by Gasteiger charge is -2.26. The van der Waals surface area contributed by atoms with E-state index in [9.17, 15) is 8.42 Å². The van der Waals surface area contributed by atoms with Gasteiger partial charge in [-0.1, -0.05) is 17.7 Å². The number of sulfonamides is 1. The van der Waals surface area contributed by atoms with Gasteiger partial charge < -0.3 is 20.1 Å². The monoisotopic (exact) mass is 483 g/mol. The summed E-state index contributed by atoms with van der Waals surface area (Å²) in [6, 6.07) is 21.9. The predicted molar refractivity (Wildman–Crippen MR) is 134 cm³/mol. The van der Waals surface area contributed by atoms with Crippen LogP contribution in [0, 0.1) is 6.92 Å². The fraction of sp³-hybridized carbons (Fsp3) is 0.208. The molecule has 33 heavy (non-hydrogen) atoms. The minimum Gasteiger partial charge on any atom is -0.457 e. The van der Waals surface area contributed by atoms with Gasteiger partial charge in [-0.25, -0.2) is 8.42 Å². The molecule has 1 saturated heterocycles. The van der Waals surface area contributed by atoms with E-state index in [0.717, 1.165) is 17.2 Å². The van der Waals surface area contributed by atoms with Crippen LogP contribution < -0.4 is 15.4 Å². The normalized spacial score (nSPS) is 14.5. The van der Waals surface area contributed by atoms with Crippen molar-refractivity contribution in [3.8, 4) is 11.5 Å². The summed E-state index contributed by atoms with van der Waals surface area (Å²) in [7, 11) is -3.52. The smallest absolute Gasteiger partial charge is 0.243 e. The van der Waals surface area contributed by atoms with E-state index in [1.165, 1.54) is 9.87 Å². The Morgan fingerprint density at radius 2 is 1.33 bits per heavy atom. The fourth-order valence-corrected chi connectivity index (χ4v) is 4.93. The minimum atomic E-state index is -3.52. The van der Waals surface area contributed by atoms with Crippen molar-refractivity contribution < 1.29 is 17.9 Å². The van der Waals surface area contributed by atoms with Crippen molar-refractivity contribution in [2.24, 2.45) is 0 Å². The Labute approximate surface area is 199 Å². The molecule has 2 N–H and O–H groups in total. The Balaban J connectivity index is 1.32. The molecule has 4 rings (SSSR count). The van der Waals surface area contributed by atoms with Gasteiger partial charge in [0, 0.05) is 24.5 Å². The molecule has 1 aliphatic rings. The summed E-state index contributed by atoms with van der Waals surface area (Å²) in [5, 5.41) is 6.57. The summed E-state index contributed by atoms with van der Waals surface area (Å²) in [5.41, 5.74) is 2.67. The third-order valence-electron chi connectivity index (χ3n) is 5.09. The summed E-state index contributed by atoms with van der Waals surface area (Å²) in [5.74, 6) is 1.50. The number of nitrogens with one attached hydrogen (secondary N) is 2. The van der Waals surface area contributed by atoms with Gasteiger partial charge in [-0.05, 0) is 79.8 Å². The number of benzene rings is 3. The Hall–Kier alpha value is -2.98. The number of rotatable bonds is 6. The predicted octanol–water partition coefficient (Wildman–Crippen LogP) is 4.62. The average Bonchev–Trinajstić information content (AvgIpc) is 2.83. The van der Waals surface area contributed by atoms with Crippen LogP contribution in [0.5, 0.6) is 11.5 Å². The molecule has 0 atom stereocenters. The Morgan fingerprint density at radius 3 is 1.88 bits per heavy atom. The number of ether oxygens (including phenoxy) is 2. The van der Waals surface area contributed by atoms with Gasteiger partial charge in [-0.3, -0.25) is 0 Å². The molecule has 0 aliphatic carbocycles. The van der Waals surface area contributed by atoms with Gasteiger partial charge in [-0.2, -0.15) is 4.31 Å². The Kier molecular flexibility index (Phi) is 7.24. The van der Waals surface area contributed by atoms with E-state index in [1.807, 2.05) is 55.5 Å². The van der Waals surface area contributed by atoms with E-state index in [0.29, 0.717) is 37.1 Å². The zero-order valence-corrected chi connectivity index (χ0v) is 19.8. The van der Waals surface area contributed by atoms with Crippen molar-refractivity contribution in [1.29, 1.82) is 0 Å². The summed E-state index contributed by atoms with van der Waals surface area (Å²) in [6.07, 6.45) is 0. The first-order valence-corrected chi connectivity index (χ1v) is 12.4. The van der Waals surface area contributed by atoms with Crippen molar-refractivity contribution in [2.75, 3.05) is 36.9 Å². The number of hydrogen-bond donors (Lipinski definition) is 2. The van der Waals surface area contributed by atoms with Crippen LogP contribution in [0.3, 0.4) is 0 Å². The van der Waals surface area contributed by atoms with Crippen molar-refractivity contribution in [3.05, 3.63) is 78.4 Å². The van der Waals surface area contributed by atoms with E-state index in [2.05, 4.69) is 10.6 Å². The molecule has 1 aliphatic heterocycles. The summed E-state index contributed by atoms with van der Waals surface area (Å²) >= 11 is 5.38. The number of aryl methyl sites for hydroxylation is 1. The first-order chi connectivity index (χ1) is 15.9. The van der Waals surface area contributed by atoms with E-state index in [4.69, 9.17) is 21.7 Å². The lowest BCUT2D eigenvalue weighted by Crippen LogP contribution is -2.40. The second-order valence-corrected chi connectivity index (χ2v) is 9.91. The number of morpholine rings is 1. The second kappa shape index (κ2) is 10.3. The maximum Gasteiger partial charge on any atom is 0.243 e. The van der Waals surface area contributed by atoms with Crippen LogP contribution in [0.4, 0.5) is 11.4 Å². The lowest BCUT2D eigenvalue weighted by atomic mass is 10.2. The zero-order chi connectivity index (χ0) is 23.3. The molecule has 1 heterocycles. The molecular weight excluding hydrogens is 458 g/mol. The largest absolute Gasteiger partial charge is 0.457 e. The van der Waals surface area contributed by atoms with Crippen molar-refractivity contribution in [3.63, 3.8) is 0 Å². The maximum atomic E-state index is 12.7. The summed E-state index contributed by atoms with van der Waals surface area (Å²) < 4.78 is 38.0. The molecule has 7 nitrogen and oxygen atoms in total. The van der Waals surface area contributed by atoms with Crippen LogP contribution in [0.25, 0.3) is 0 Å². The zero-order valence-electron chi connectivity index (χ0n) is 18.2. The van der Waals surface area contributed by atoms with E-state index < -0.39 is 10.0 Å². The highest BCUT2D eigenvalue weighted by Gasteiger charge is 2.26. The van der Waals surface area contributed by atoms with Gasteiger partial charge in [0.15, 0.2) is 5.11 Å². The lowest BCUT2D eigenvalue weighted by molar-refractivity contribution is 0.0730. The molecule has 0 unspecified atom stereocenters. The highest BCUT2D eigenvalue weighted by molar-refractivity contribution is 7.89. The van der Waals surface area contributed by atoms with Crippen LogP contribution in [0.2, 0.25) is 0 Å². The first kappa shape index (κ1) is 23.2. The topological polar surface area (TPSA) is 79.9 Å². The highest BCUT2D eigenvalue weighted by atomic mass is 32.2. The number of hydrogen-bond acceptors (Lipinski definition) is 5. The van der Waals surface area contributed by atoms with E-state index in [1.54, 1.807) is 24.3 Å². The first-order valence-electron chi connectivity index (χ1n) is 10.5. The van der Waals surface area contributed by atoms with Gasteiger partial charge in [0.25, 0.3) is 0 Å². The van der Waals surface area contributed by atoms with Crippen LogP contribution in [0.1, 0.15) is 5.56 Å². The maximum absolute atomic E-state index is 12.7. The standard InChI is InChI=1S/C24H25N3O4S2/c1-18-2-8-21(9-3-18)31-22-10-4-19(5-11-22)25-24(32)26-20-6-12-23(13-7-20)33(28,29)27-14-16-30-17-15-27/h2-13H,14-17H2,1H3,(H2,25,26,32). The Bertz CT molecular complexity index is 1190. The molecule has 0 radical (unpaired) electrons. The van der Waals surface area contributed by atoms with Crippen LogP contribution >= 0.6 is 12.2 Å². The van der Waals surface area contributed by atoms with Gasteiger partial charge >= 0.3 is 0 Å². The molecule has 0 spiro atoms. The minimum absolute atomic E-state index is 0.248. The van der Waals surface area contributed by atoms with Crippen LogP contribution in [-0.2, 0) is 14.8 Å². The average molecular weight is 484 g/mol. The molecule has 0 amide bonds. The third kappa shape index (κ3) is 6.08. The quantitative estimate of drug-likeness (QED) is 0.496. The highest BCUT2D eigenvalue weighted by Crippen LogP contribution is 2.24. The van der Waals surface area contributed by atoms with Gasteiger partial charge in [-0.15, -0.1) is 0 Å². The molecule has 1 fully saturated rings. The molecule has 0 bridgehead atoms.